The van der Waals surface area contributed by atoms with E-state index in [1.807, 2.05) is 6.92 Å². The van der Waals surface area contributed by atoms with Crippen molar-refractivity contribution in [3.05, 3.63) is 35.1 Å². The molecular formula is C15H21FN2O. The van der Waals surface area contributed by atoms with Crippen molar-refractivity contribution in [1.29, 1.82) is 0 Å². The number of hydrogen-bond donors (Lipinski definition) is 2. The molecule has 1 saturated carbocycles. The van der Waals surface area contributed by atoms with E-state index in [0.29, 0.717) is 12.6 Å². The summed E-state index contributed by atoms with van der Waals surface area (Å²) < 4.78 is 13.2. The number of hydrogen-bond acceptors (Lipinski definition) is 2. The van der Waals surface area contributed by atoms with Crippen molar-refractivity contribution in [1.82, 2.24) is 5.32 Å². The zero-order valence-corrected chi connectivity index (χ0v) is 11.3. The van der Waals surface area contributed by atoms with Gasteiger partial charge in [0.05, 0.1) is 0 Å². The normalized spacial score (nSPS) is 23.3. The Labute approximate surface area is 113 Å². The van der Waals surface area contributed by atoms with Crippen molar-refractivity contribution in [2.24, 2.45) is 11.7 Å². The Hall–Kier alpha value is -1.42. The molecule has 1 aliphatic carbocycles. The van der Waals surface area contributed by atoms with Gasteiger partial charge in [-0.15, -0.1) is 0 Å². The van der Waals surface area contributed by atoms with E-state index in [0.717, 1.165) is 36.8 Å². The molecule has 3 N–H and O–H groups in total. The van der Waals surface area contributed by atoms with Gasteiger partial charge in [0.25, 0.3) is 0 Å². The number of rotatable bonds is 4. The molecule has 1 amide bonds. The smallest absolute Gasteiger partial charge is 0.220 e. The van der Waals surface area contributed by atoms with Crippen LogP contribution in [0, 0.1) is 18.7 Å². The van der Waals surface area contributed by atoms with Crippen molar-refractivity contribution < 1.29 is 9.18 Å². The molecule has 0 heterocycles. The molecule has 0 radical (unpaired) electrons. The van der Waals surface area contributed by atoms with Crippen LogP contribution >= 0.6 is 0 Å². The molecule has 1 aromatic rings. The summed E-state index contributed by atoms with van der Waals surface area (Å²) in [6, 6.07) is 5.27. The molecule has 19 heavy (non-hydrogen) atoms. The Morgan fingerprint density at radius 3 is 2.68 bits per heavy atom. The Balaban J connectivity index is 1.83. The molecule has 0 aromatic heterocycles. The third kappa shape index (κ3) is 3.77. The van der Waals surface area contributed by atoms with Gasteiger partial charge in [0.2, 0.25) is 5.91 Å². The molecule has 0 bridgehead atoms. The van der Waals surface area contributed by atoms with Crippen molar-refractivity contribution in [2.75, 3.05) is 0 Å². The van der Waals surface area contributed by atoms with Gasteiger partial charge in [0.1, 0.15) is 5.82 Å². The van der Waals surface area contributed by atoms with E-state index < -0.39 is 0 Å². The SMILES string of the molecule is Cc1ccc(F)cc1CNC1CCC(C(N)=O)CC1. The monoisotopic (exact) mass is 264 g/mol. The maximum atomic E-state index is 13.2. The Bertz CT molecular complexity index is 453. The summed E-state index contributed by atoms with van der Waals surface area (Å²) >= 11 is 0. The van der Waals surface area contributed by atoms with Gasteiger partial charge < -0.3 is 11.1 Å². The largest absolute Gasteiger partial charge is 0.369 e. The highest BCUT2D eigenvalue weighted by atomic mass is 19.1. The fourth-order valence-electron chi connectivity index (χ4n) is 2.67. The van der Waals surface area contributed by atoms with Crippen LogP contribution in [-0.4, -0.2) is 11.9 Å². The molecule has 3 nitrogen and oxygen atoms in total. The maximum Gasteiger partial charge on any atom is 0.220 e. The van der Waals surface area contributed by atoms with Gasteiger partial charge in [0, 0.05) is 18.5 Å². The summed E-state index contributed by atoms with van der Waals surface area (Å²) in [6.45, 7) is 2.66. The second-order valence-electron chi connectivity index (χ2n) is 5.40. The lowest BCUT2D eigenvalue weighted by Crippen LogP contribution is -2.36. The molecule has 2 rings (SSSR count). The molecule has 1 fully saturated rings. The molecular weight excluding hydrogens is 243 g/mol. The summed E-state index contributed by atoms with van der Waals surface area (Å²) in [4.78, 5) is 11.1. The van der Waals surface area contributed by atoms with Gasteiger partial charge in [-0.1, -0.05) is 6.07 Å². The maximum absolute atomic E-state index is 13.2. The number of amides is 1. The van der Waals surface area contributed by atoms with Crippen LogP contribution in [0.25, 0.3) is 0 Å². The predicted molar refractivity (Wildman–Crippen MR) is 72.9 cm³/mol. The lowest BCUT2D eigenvalue weighted by Gasteiger charge is -2.27. The molecule has 1 aliphatic rings. The summed E-state index contributed by atoms with van der Waals surface area (Å²) in [5.74, 6) is -0.340. The minimum atomic E-state index is -0.195. The topological polar surface area (TPSA) is 55.1 Å². The molecule has 0 aliphatic heterocycles. The van der Waals surface area contributed by atoms with Crippen molar-refractivity contribution >= 4 is 5.91 Å². The first-order chi connectivity index (χ1) is 9.06. The van der Waals surface area contributed by atoms with E-state index in [-0.39, 0.29) is 17.6 Å². The van der Waals surface area contributed by atoms with E-state index in [1.165, 1.54) is 6.07 Å². The molecule has 0 spiro atoms. The van der Waals surface area contributed by atoms with Crippen LogP contribution in [0.1, 0.15) is 36.8 Å². The number of halogens is 1. The quantitative estimate of drug-likeness (QED) is 0.876. The zero-order valence-electron chi connectivity index (χ0n) is 11.3. The first kappa shape index (κ1) is 14.0. The van der Waals surface area contributed by atoms with Crippen LogP contribution in [0.15, 0.2) is 18.2 Å². The molecule has 0 atom stereocenters. The van der Waals surface area contributed by atoms with Crippen LogP contribution in [0.5, 0.6) is 0 Å². The summed E-state index contributed by atoms with van der Waals surface area (Å²) in [7, 11) is 0. The van der Waals surface area contributed by atoms with E-state index in [2.05, 4.69) is 5.32 Å². The number of carbonyl (C=O) groups excluding carboxylic acids is 1. The van der Waals surface area contributed by atoms with E-state index in [4.69, 9.17) is 5.73 Å². The number of aryl methyl sites for hydroxylation is 1. The van der Waals surface area contributed by atoms with E-state index >= 15 is 0 Å². The fraction of sp³-hybridized carbons (Fsp3) is 0.533. The van der Waals surface area contributed by atoms with Gasteiger partial charge in [0.15, 0.2) is 0 Å². The standard InChI is InChI=1S/C15H21FN2O/c1-10-2-5-13(16)8-12(10)9-18-14-6-3-11(4-7-14)15(17)19/h2,5,8,11,14,18H,3-4,6-7,9H2,1H3,(H2,17,19). The average molecular weight is 264 g/mol. The lowest BCUT2D eigenvalue weighted by atomic mass is 9.85. The van der Waals surface area contributed by atoms with Crippen LogP contribution < -0.4 is 11.1 Å². The van der Waals surface area contributed by atoms with Crippen LogP contribution in [0.3, 0.4) is 0 Å². The zero-order chi connectivity index (χ0) is 13.8. The molecule has 104 valence electrons. The van der Waals surface area contributed by atoms with Gasteiger partial charge in [-0.25, -0.2) is 4.39 Å². The van der Waals surface area contributed by atoms with Crippen LogP contribution in [0.2, 0.25) is 0 Å². The Morgan fingerprint density at radius 1 is 1.37 bits per heavy atom. The van der Waals surface area contributed by atoms with Crippen LogP contribution in [-0.2, 0) is 11.3 Å². The summed E-state index contributed by atoms with van der Waals surface area (Å²) in [5, 5.41) is 3.45. The second kappa shape index (κ2) is 6.15. The highest BCUT2D eigenvalue weighted by Crippen LogP contribution is 2.24. The first-order valence-electron chi connectivity index (χ1n) is 6.84. The number of nitrogens with one attached hydrogen (secondary N) is 1. The van der Waals surface area contributed by atoms with Gasteiger partial charge in [-0.05, 0) is 55.9 Å². The molecule has 0 unspecified atom stereocenters. The molecule has 1 aromatic carbocycles. The summed E-state index contributed by atoms with van der Waals surface area (Å²) in [6.07, 6.45) is 3.63. The minimum absolute atomic E-state index is 0.0361. The third-order valence-electron chi connectivity index (χ3n) is 4.02. The number of carbonyl (C=O) groups is 1. The van der Waals surface area contributed by atoms with Gasteiger partial charge in [-0.3, -0.25) is 4.79 Å². The Morgan fingerprint density at radius 2 is 2.05 bits per heavy atom. The van der Waals surface area contributed by atoms with Crippen molar-refractivity contribution in [3.8, 4) is 0 Å². The van der Waals surface area contributed by atoms with Gasteiger partial charge >= 0.3 is 0 Å². The number of primary amides is 1. The number of nitrogens with two attached hydrogens (primary N) is 1. The third-order valence-corrected chi connectivity index (χ3v) is 4.02. The van der Waals surface area contributed by atoms with Gasteiger partial charge in [-0.2, -0.15) is 0 Å². The fourth-order valence-corrected chi connectivity index (χ4v) is 2.67. The predicted octanol–water partition coefficient (Wildman–Crippen LogP) is 2.27. The van der Waals surface area contributed by atoms with E-state index in [1.54, 1.807) is 12.1 Å². The van der Waals surface area contributed by atoms with Crippen molar-refractivity contribution in [3.63, 3.8) is 0 Å². The van der Waals surface area contributed by atoms with Crippen LogP contribution in [0.4, 0.5) is 4.39 Å². The lowest BCUT2D eigenvalue weighted by molar-refractivity contribution is -0.122. The minimum Gasteiger partial charge on any atom is -0.369 e. The number of benzene rings is 1. The highest BCUT2D eigenvalue weighted by Gasteiger charge is 2.24. The molecule has 0 saturated heterocycles. The summed E-state index contributed by atoms with van der Waals surface area (Å²) in [5.41, 5.74) is 7.41. The Kier molecular flexibility index (Phi) is 4.53. The average Bonchev–Trinajstić information content (AvgIpc) is 2.40. The highest BCUT2D eigenvalue weighted by molar-refractivity contribution is 5.76. The second-order valence-corrected chi connectivity index (χ2v) is 5.40. The first-order valence-corrected chi connectivity index (χ1v) is 6.84. The van der Waals surface area contributed by atoms with Crippen molar-refractivity contribution in [2.45, 2.75) is 45.2 Å². The molecule has 4 heteroatoms. The van der Waals surface area contributed by atoms with E-state index in [9.17, 15) is 9.18 Å².